The number of halogens is 1. The zero-order valence-electron chi connectivity index (χ0n) is 7.70. The monoisotopic (exact) mass is 314 g/mol. The predicted molar refractivity (Wildman–Crippen MR) is 64.2 cm³/mol. The minimum Gasteiger partial charge on any atom is -0.419 e. The van der Waals surface area contributed by atoms with Crippen LogP contribution in [-0.4, -0.2) is 9.76 Å². The molecule has 15 heavy (non-hydrogen) atoms. The Balaban J connectivity index is 2.33. The highest BCUT2D eigenvalue weighted by Gasteiger charge is 2.11. The lowest BCUT2D eigenvalue weighted by molar-refractivity contribution is -0.114. The molecule has 0 N–H and O–H groups in total. The van der Waals surface area contributed by atoms with E-state index in [-0.39, 0.29) is 9.76 Å². The van der Waals surface area contributed by atoms with E-state index in [1.54, 1.807) is 46.9 Å². The van der Waals surface area contributed by atoms with Gasteiger partial charge in [-0.15, -0.1) is 0 Å². The number of hydrogen-bond acceptors (Lipinski definition) is 3. The molecule has 0 spiro atoms. The zero-order valence-corrected chi connectivity index (χ0v) is 9.85. The van der Waals surface area contributed by atoms with Crippen molar-refractivity contribution < 1.29 is 14.3 Å². The summed E-state index contributed by atoms with van der Waals surface area (Å²) in [6, 6.07) is 5.29. The van der Waals surface area contributed by atoms with E-state index in [0.717, 1.165) is 11.1 Å². The second-order valence-electron chi connectivity index (χ2n) is 3.18. The first kappa shape index (κ1) is 10.4. The van der Waals surface area contributed by atoms with Crippen LogP contribution in [0.3, 0.4) is 0 Å². The fraction of sp³-hybridized carbons (Fsp3) is 0.0909. The topological polar surface area (TPSA) is 43.4 Å². The van der Waals surface area contributed by atoms with Gasteiger partial charge in [0.05, 0.1) is 22.6 Å². The van der Waals surface area contributed by atoms with Gasteiger partial charge in [0.1, 0.15) is 5.75 Å². The fourth-order valence-corrected chi connectivity index (χ4v) is 1.74. The molecule has 1 aliphatic carbocycles. The molecule has 1 aromatic rings. The molecule has 0 atom stereocenters. The third-order valence-electron chi connectivity index (χ3n) is 2.13. The standard InChI is InChI=1S/C11H7IO3/c12-11(14)15-10-4-2-7-1-3-9(13)5-8(7)6-10/h1-4,6H,5H2. The van der Waals surface area contributed by atoms with Crippen LogP contribution in [0.5, 0.6) is 5.75 Å². The molecule has 0 aliphatic heterocycles. The number of carbonyl (C=O) groups excluding carboxylic acids is 2. The van der Waals surface area contributed by atoms with Crippen molar-refractivity contribution in [3.05, 3.63) is 35.4 Å². The minimum absolute atomic E-state index is 0.0699. The second-order valence-corrected chi connectivity index (χ2v) is 4.06. The van der Waals surface area contributed by atoms with Crippen molar-refractivity contribution in [2.75, 3.05) is 0 Å². The smallest absolute Gasteiger partial charge is 0.372 e. The molecular weight excluding hydrogens is 307 g/mol. The summed E-state index contributed by atoms with van der Waals surface area (Å²) in [7, 11) is 0. The number of fused-ring (bicyclic) bond motifs is 1. The summed E-state index contributed by atoms with van der Waals surface area (Å²) in [6.45, 7) is 0. The van der Waals surface area contributed by atoms with Gasteiger partial charge >= 0.3 is 3.98 Å². The molecule has 2 rings (SSSR count). The quantitative estimate of drug-likeness (QED) is 0.591. The van der Waals surface area contributed by atoms with Crippen LogP contribution in [0.2, 0.25) is 0 Å². The van der Waals surface area contributed by atoms with Gasteiger partial charge in [0.25, 0.3) is 0 Å². The molecule has 0 heterocycles. The Kier molecular flexibility index (Phi) is 2.86. The number of allylic oxidation sites excluding steroid dienone is 1. The van der Waals surface area contributed by atoms with E-state index in [9.17, 15) is 9.59 Å². The Hall–Kier alpha value is -1.17. The molecule has 0 aromatic heterocycles. The number of ether oxygens (including phenoxy) is 1. The summed E-state index contributed by atoms with van der Waals surface area (Å²) in [6.07, 6.45) is 3.71. The highest BCUT2D eigenvalue weighted by molar-refractivity contribution is 14.1. The molecule has 76 valence electrons. The SMILES string of the molecule is O=C1C=Cc2ccc(OC(=O)I)cc2C1. The molecular formula is C11H7IO3. The fourth-order valence-electron chi connectivity index (χ4n) is 1.48. The van der Waals surface area contributed by atoms with Crippen molar-refractivity contribution in [3.8, 4) is 5.75 Å². The Morgan fingerprint density at radius 1 is 1.33 bits per heavy atom. The third kappa shape index (κ3) is 2.44. The van der Waals surface area contributed by atoms with Crippen LogP contribution in [0.1, 0.15) is 11.1 Å². The van der Waals surface area contributed by atoms with Crippen LogP contribution >= 0.6 is 22.6 Å². The molecule has 0 radical (unpaired) electrons. The van der Waals surface area contributed by atoms with Gasteiger partial charge < -0.3 is 4.74 Å². The van der Waals surface area contributed by atoms with Crippen molar-refractivity contribution >= 4 is 38.4 Å². The number of rotatable bonds is 1. The van der Waals surface area contributed by atoms with Crippen molar-refractivity contribution in [2.45, 2.75) is 6.42 Å². The maximum Gasteiger partial charge on any atom is 0.372 e. The van der Waals surface area contributed by atoms with Crippen molar-refractivity contribution in [2.24, 2.45) is 0 Å². The summed E-state index contributed by atoms with van der Waals surface area (Å²) in [5, 5.41) is 0. The average molecular weight is 314 g/mol. The number of hydrogen-bond donors (Lipinski definition) is 0. The van der Waals surface area contributed by atoms with Gasteiger partial charge in [-0.05, 0) is 29.3 Å². The van der Waals surface area contributed by atoms with Crippen molar-refractivity contribution in [3.63, 3.8) is 0 Å². The summed E-state index contributed by atoms with van der Waals surface area (Å²) >= 11 is 1.56. The number of carbonyl (C=O) groups is 2. The molecule has 0 saturated carbocycles. The summed E-state index contributed by atoms with van der Waals surface area (Å²) < 4.78 is 4.54. The van der Waals surface area contributed by atoms with Crippen LogP contribution in [0.4, 0.5) is 4.79 Å². The first-order valence-corrected chi connectivity index (χ1v) is 5.44. The molecule has 3 nitrogen and oxygen atoms in total. The van der Waals surface area contributed by atoms with Gasteiger partial charge in [-0.1, -0.05) is 12.1 Å². The third-order valence-corrected chi connectivity index (χ3v) is 2.35. The molecule has 0 saturated heterocycles. The predicted octanol–water partition coefficient (Wildman–Crippen LogP) is 2.76. The van der Waals surface area contributed by atoms with Crippen LogP contribution in [0.15, 0.2) is 24.3 Å². The molecule has 4 heteroatoms. The Labute approximate surface area is 100 Å². The van der Waals surface area contributed by atoms with Crippen molar-refractivity contribution in [1.82, 2.24) is 0 Å². The average Bonchev–Trinajstić information content (AvgIpc) is 2.16. The molecule has 1 aliphatic rings. The van der Waals surface area contributed by atoms with Gasteiger partial charge in [-0.3, -0.25) is 4.79 Å². The maximum absolute atomic E-state index is 11.2. The summed E-state index contributed by atoms with van der Waals surface area (Å²) in [5.41, 5.74) is 1.90. The molecule has 0 amide bonds. The Bertz CT molecular complexity index is 463. The van der Waals surface area contributed by atoms with Gasteiger partial charge in [-0.2, -0.15) is 0 Å². The first-order chi connectivity index (χ1) is 7.15. The maximum atomic E-state index is 11.2. The van der Waals surface area contributed by atoms with Gasteiger partial charge in [0, 0.05) is 6.42 Å². The number of benzene rings is 1. The summed E-state index contributed by atoms with van der Waals surface area (Å²) in [5.74, 6) is 0.553. The van der Waals surface area contributed by atoms with Crippen molar-refractivity contribution in [1.29, 1.82) is 0 Å². The Morgan fingerprint density at radius 2 is 2.13 bits per heavy atom. The zero-order chi connectivity index (χ0) is 10.8. The van der Waals surface area contributed by atoms with E-state index in [1.165, 1.54) is 0 Å². The molecule has 0 fully saturated rings. The highest BCUT2D eigenvalue weighted by atomic mass is 127. The number of ketones is 1. The lowest BCUT2D eigenvalue weighted by Gasteiger charge is -2.10. The highest BCUT2D eigenvalue weighted by Crippen LogP contribution is 2.23. The van der Waals surface area contributed by atoms with Crippen LogP contribution in [-0.2, 0) is 11.2 Å². The van der Waals surface area contributed by atoms with Gasteiger partial charge in [0.15, 0.2) is 5.78 Å². The van der Waals surface area contributed by atoms with E-state index < -0.39 is 0 Å². The first-order valence-electron chi connectivity index (χ1n) is 4.36. The van der Waals surface area contributed by atoms with Crippen LogP contribution in [0.25, 0.3) is 6.08 Å². The summed E-state index contributed by atoms with van der Waals surface area (Å²) in [4.78, 5) is 21.9. The van der Waals surface area contributed by atoms with E-state index in [0.29, 0.717) is 12.2 Å². The Morgan fingerprint density at radius 3 is 2.87 bits per heavy atom. The van der Waals surface area contributed by atoms with E-state index in [2.05, 4.69) is 0 Å². The van der Waals surface area contributed by atoms with Crippen LogP contribution < -0.4 is 4.74 Å². The molecule has 0 bridgehead atoms. The largest absolute Gasteiger partial charge is 0.419 e. The van der Waals surface area contributed by atoms with E-state index in [1.807, 2.05) is 6.07 Å². The van der Waals surface area contributed by atoms with Gasteiger partial charge in [-0.25, -0.2) is 4.79 Å². The minimum atomic E-state index is -0.384. The lowest BCUT2D eigenvalue weighted by atomic mass is 9.96. The van der Waals surface area contributed by atoms with E-state index in [4.69, 9.17) is 4.74 Å². The van der Waals surface area contributed by atoms with Gasteiger partial charge in [0.2, 0.25) is 0 Å². The molecule has 0 unspecified atom stereocenters. The normalized spacial score (nSPS) is 13.5. The molecule has 1 aromatic carbocycles. The van der Waals surface area contributed by atoms with Crippen LogP contribution in [0, 0.1) is 0 Å². The van der Waals surface area contributed by atoms with E-state index >= 15 is 0 Å². The second kappa shape index (κ2) is 4.14. The lowest BCUT2D eigenvalue weighted by Crippen LogP contribution is -2.06.